The van der Waals surface area contributed by atoms with Crippen LogP contribution in [-0.2, 0) is 6.54 Å². The van der Waals surface area contributed by atoms with Crippen molar-refractivity contribution < 1.29 is 8.78 Å². The van der Waals surface area contributed by atoms with Gasteiger partial charge in [0, 0.05) is 43.7 Å². The van der Waals surface area contributed by atoms with Crippen LogP contribution in [0, 0.1) is 12.3 Å². The molecule has 2 saturated heterocycles. The van der Waals surface area contributed by atoms with Gasteiger partial charge >= 0.3 is 0 Å². The zero-order chi connectivity index (χ0) is 17.5. The molecular formula is C19H23F2N3S. The number of hydrogen-bond acceptors (Lipinski definition) is 4. The topological polar surface area (TPSA) is 19.4 Å². The first-order valence-corrected chi connectivity index (χ1v) is 9.67. The van der Waals surface area contributed by atoms with Crippen LogP contribution in [0.3, 0.4) is 0 Å². The number of rotatable bonds is 3. The van der Waals surface area contributed by atoms with Gasteiger partial charge in [0.2, 0.25) is 0 Å². The highest BCUT2D eigenvalue weighted by molar-refractivity contribution is 7.09. The average molecular weight is 363 g/mol. The Morgan fingerprint density at radius 3 is 2.64 bits per heavy atom. The molecule has 3 nitrogen and oxygen atoms in total. The molecule has 1 spiro atoms. The van der Waals surface area contributed by atoms with Gasteiger partial charge in [-0.1, -0.05) is 18.2 Å². The number of para-hydroxylation sites is 1. The minimum atomic E-state index is -2.61. The summed E-state index contributed by atoms with van der Waals surface area (Å²) < 4.78 is 29.8. The van der Waals surface area contributed by atoms with E-state index in [1.54, 1.807) is 11.3 Å². The SMILES string of the molecule is Cc1nc(CN2CC[C@@]3(C2)CN(c2ccccc2)CCC3(F)F)cs1. The van der Waals surface area contributed by atoms with Gasteiger partial charge in [0.25, 0.3) is 5.92 Å². The monoisotopic (exact) mass is 363 g/mol. The van der Waals surface area contributed by atoms with Gasteiger partial charge in [-0.25, -0.2) is 13.8 Å². The third-order valence-corrected chi connectivity index (χ3v) is 6.39. The first-order valence-electron chi connectivity index (χ1n) is 8.79. The number of alkyl halides is 2. The van der Waals surface area contributed by atoms with E-state index in [-0.39, 0.29) is 6.42 Å². The van der Waals surface area contributed by atoms with Crippen LogP contribution in [0.1, 0.15) is 23.5 Å². The summed E-state index contributed by atoms with van der Waals surface area (Å²) >= 11 is 1.62. The fraction of sp³-hybridized carbons (Fsp3) is 0.526. The molecule has 0 bridgehead atoms. The Morgan fingerprint density at radius 1 is 1.12 bits per heavy atom. The lowest BCUT2D eigenvalue weighted by Crippen LogP contribution is -2.57. The van der Waals surface area contributed by atoms with E-state index in [4.69, 9.17) is 0 Å². The fourth-order valence-corrected chi connectivity index (χ4v) is 4.79. The van der Waals surface area contributed by atoms with E-state index < -0.39 is 11.3 Å². The number of piperidine rings is 1. The fourth-order valence-electron chi connectivity index (χ4n) is 4.19. The summed E-state index contributed by atoms with van der Waals surface area (Å²) in [6.07, 6.45) is 0.484. The van der Waals surface area contributed by atoms with Crippen molar-refractivity contribution in [3.8, 4) is 0 Å². The molecule has 134 valence electrons. The largest absolute Gasteiger partial charge is 0.370 e. The summed E-state index contributed by atoms with van der Waals surface area (Å²) in [5.41, 5.74) is 1.09. The van der Waals surface area contributed by atoms with Gasteiger partial charge < -0.3 is 4.90 Å². The van der Waals surface area contributed by atoms with E-state index in [0.717, 1.165) is 22.9 Å². The molecule has 2 aliphatic rings. The molecule has 2 fully saturated rings. The van der Waals surface area contributed by atoms with Crippen LogP contribution >= 0.6 is 11.3 Å². The molecule has 2 aromatic rings. The minimum absolute atomic E-state index is 0.0639. The molecule has 1 aromatic carbocycles. The average Bonchev–Trinajstić information content (AvgIpc) is 3.19. The Morgan fingerprint density at radius 2 is 1.92 bits per heavy atom. The molecule has 4 rings (SSSR count). The van der Waals surface area contributed by atoms with Crippen LogP contribution in [-0.4, -0.2) is 42.0 Å². The third-order valence-electron chi connectivity index (χ3n) is 5.57. The summed E-state index contributed by atoms with van der Waals surface area (Å²) in [6, 6.07) is 9.94. The number of aromatic nitrogens is 1. The van der Waals surface area contributed by atoms with Crippen LogP contribution in [0.15, 0.2) is 35.7 Å². The number of hydrogen-bond donors (Lipinski definition) is 0. The summed E-state index contributed by atoms with van der Waals surface area (Å²) in [5.74, 6) is -2.61. The first kappa shape index (κ1) is 16.9. The maximum absolute atomic E-state index is 14.9. The summed E-state index contributed by atoms with van der Waals surface area (Å²) in [5, 5.41) is 3.07. The zero-order valence-corrected chi connectivity index (χ0v) is 15.2. The van der Waals surface area contributed by atoms with Gasteiger partial charge in [0.15, 0.2) is 0 Å². The summed E-state index contributed by atoms with van der Waals surface area (Å²) in [6.45, 7) is 4.66. The number of thiazole rings is 1. The highest BCUT2D eigenvalue weighted by Gasteiger charge is 2.59. The lowest BCUT2D eigenvalue weighted by Gasteiger charge is -2.47. The smallest absolute Gasteiger partial charge is 0.258 e. The van der Waals surface area contributed by atoms with Crippen molar-refractivity contribution in [3.63, 3.8) is 0 Å². The summed E-state index contributed by atoms with van der Waals surface area (Å²) in [4.78, 5) is 8.77. The maximum Gasteiger partial charge on any atom is 0.258 e. The van der Waals surface area contributed by atoms with Crippen LogP contribution in [0.5, 0.6) is 0 Å². The molecule has 3 heterocycles. The van der Waals surface area contributed by atoms with Gasteiger partial charge in [-0.15, -0.1) is 11.3 Å². The van der Waals surface area contributed by atoms with Crippen molar-refractivity contribution in [2.24, 2.45) is 5.41 Å². The molecule has 1 aromatic heterocycles. The van der Waals surface area contributed by atoms with Crippen molar-refractivity contribution in [2.75, 3.05) is 31.1 Å². The normalized spacial score (nSPS) is 26.4. The predicted octanol–water partition coefficient (Wildman–Crippen LogP) is 4.19. The second-order valence-corrected chi connectivity index (χ2v) is 8.37. The minimum Gasteiger partial charge on any atom is -0.370 e. The second-order valence-electron chi connectivity index (χ2n) is 7.31. The molecule has 0 amide bonds. The zero-order valence-electron chi connectivity index (χ0n) is 14.4. The van der Waals surface area contributed by atoms with Crippen LogP contribution in [0.2, 0.25) is 0 Å². The van der Waals surface area contributed by atoms with E-state index in [1.165, 1.54) is 0 Å². The molecule has 0 aliphatic carbocycles. The Kier molecular flexibility index (Phi) is 4.28. The molecule has 0 N–H and O–H groups in total. The molecule has 1 atom stereocenters. The third kappa shape index (κ3) is 3.17. The molecule has 0 saturated carbocycles. The number of halogens is 2. The van der Waals surface area contributed by atoms with Gasteiger partial charge in [-0.05, 0) is 32.0 Å². The molecule has 0 radical (unpaired) electrons. The lowest BCUT2D eigenvalue weighted by atomic mass is 9.75. The Bertz CT molecular complexity index is 733. The summed E-state index contributed by atoms with van der Waals surface area (Å²) in [7, 11) is 0. The highest BCUT2D eigenvalue weighted by atomic mass is 32.1. The van der Waals surface area contributed by atoms with E-state index in [9.17, 15) is 8.78 Å². The van der Waals surface area contributed by atoms with Crippen molar-refractivity contribution >= 4 is 17.0 Å². The van der Waals surface area contributed by atoms with Crippen LogP contribution in [0.4, 0.5) is 14.5 Å². The van der Waals surface area contributed by atoms with Crippen molar-refractivity contribution in [3.05, 3.63) is 46.4 Å². The van der Waals surface area contributed by atoms with Gasteiger partial charge in [-0.2, -0.15) is 0 Å². The molecule has 2 aliphatic heterocycles. The predicted molar refractivity (Wildman–Crippen MR) is 97.4 cm³/mol. The standard InChI is InChI=1S/C19H23F2N3S/c1-15-22-16(12-25-15)11-23-9-7-18(13-23)14-24(10-8-19(18,20)21)17-5-3-2-4-6-17/h2-6,12H,7-11,13-14H2,1H3/t18-/m1/s1. The quantitative estimate of drug-likeness (QED) is 0.815. The Hall–Kier alpha value is -1.53. The molecule has 0 unspecified atom stereocenters. The number of benzene rings is 1. The lowest BCUT2D eigenvalue weighted by molar-refractivity contribution is -0.129. The van der Waals surface area contributed by atoms with Crippen molar-refractivity contribution in [2.45, 2.75) is 32.2 Å². The first-order chi connectivity index (χ1) is 12.0. The van der Waals surface area contributed by atoms with Crippen LogP contribution < -0.4 is 4.90 Å². The highest BCUT2D eigenvalue weighted by Crippen LogP contribution is 2.50. The molecular weight excluding hydrogens is 340 g/mol. The molecule has 25 heavy (non-hydrogen) atoms. The van der Waals surface area contributed by atoms with Crippen molar-refractivity contribution in [1.82, 2.24) is 9.88 Å². The Labute approximate surface area is 151 Å². The van der Waals surface area contributed by atoms with Gasteiger partial charge in [-0.3, -0.25) is 4.90 Å². The van der Waals surface area contributed by atoms with Crippen LogP contribution in [0.25, 0.3) is 0 Å². The van der Waals surface area contributed by atoms with E-state index in [0.29, 0.717) is 32.6 Å². The second kappa shape index (κ2) is 6.32. The van der Waals surface area contributed by atoms with Crippen molar-refractivity contribution in [1.29, 1.82) is 0 Å². The number of anilines is 1. The number of likely N-dealkylation sites (tertiary alicyclic amines) is 1. The Balaban J connectivity index is 1.52. The van der Waals surface area contributed by atoms with E-state index >= 15 is 0 Å². The van der Waals surface area contributed by atoms with E-state index in [1.807, 2.05) is 42.6 Å². The number of aryl methyl sites for hydroxylation is 1. The van der Waals surface area contributed by atoms with E-state index in [2.05, 4.69) is 14.8 Å². The molecule has 6 heteroatoms. The van der Waals surface area contributed by atoms with Gasteiger partial charge in [0.1, 0.15) is 0 Å². The maximum atomic E-state index is 14.9. The van der Waals surface area contributed by atoms with Gasteiger partial charge in [0.05, 0.1) is 16.1 Å². The number of nitrogens with zero attached hydrogens (tertiary/aromatic N) is 3.